The van der Waals surface area contributed by atoms with Gasteiger partial charge in [0.05, 0.1) is 45.9 Å². The molecule has 0 radical (unpaired) electrons. The molecule has 1 atom stereocenters. The number of nitrogens with one attached hydrogen (secondary N) is 1. The molecule has 0 spiro atoms. The largest absolute Gasteiger partial charge is 0.495 e. The first kappa shape index (κ1) is 26.4. The van der Waals surface area contributed by atoms with Crippen LogP contribution in [0, 0.1) is 17.0 Å². The summed E-state index contributed by atoms with van der Waals surface area (Å²) in [4.78, 5) is 23.7. The van der Waals surface area contributed by atoms with Gasteiger partial charge in [0.1, 0.15) is 5.75 Å². The Hall–Kier alpha value is -5.48. The minimum absolute atomic E-state index is 0.00130. The third kappa shape index (κ3) is 4.48. The molecule has 7 rings (SSSR count). The second-order valence-corrected chi connectivity index (χ2v) is 10.5. The van der Waals surface area contributed by atoms with E-state index in [-0.39, 0.29) is 10.6 Å². The van der Waals surface area contributed by atoms with E-state index in [0.717, 1.165) is 33.9 Å². The number of methoxy groups -OCH3 is 1. The van der Waals surface area contributed by atoms with Crippen molar-refractivity contribution in [2.45, 2.75) is 13.0 Å². The van der Waals surface area contributed by atoms with Gasteiger partial charge in [0.25, 0.3) is 5.69 Å². The normalized spacial score (nSPS) is 15.0. The quantitative estimate of drug-likeness (QED) is 0.167. The molecule has 0 saturated heterocycles. The molecule has 43 heavy (non-hydrogen) atoms. The summed E-state index contributed by atoms with van der Waals surface area (Å²) in [5, 5.41) is 20.6. The number of halogens is 1. The summed E-state index contributed by atoms with van der Waals surface area (Å²) < 4.78 is 7.14. The summed E-state index contributed by atoms with van der Waals surface area (Å²) in [5.74, 6) is 2.19. The molecular formula is C32H24ClN7O3. The van der Waals surface area contributed by atoms with E-state index < -0.39 is 6.04 Å². The van der Waals surface area contributed by atoms with E-state index in [1.807, 2.05) is 78.3 Å². The topological polar surface area (TPSA) is 110 Å². The van der Waals surface area contributed by atoms with Crippen LogP contribution in [-0.2, 0) is 0 Å². The summed E-state index contributed by atoms with van der Waals surface area (Å²) in [6.07, 6.45) is 0. The SMILES string of the molecule is COc1ccc(NC2=Nc3ccccc3N3C2=Nc2c(c(C)nn2-c2ccccc2)[C@H]3c2cccc([N+](=O)[O-])c2)cc1Cl. The fourth-order valence-electron chi connectivity index (χ4n) is 5.55. The zero-order chi connectivity index (χ0) is 29.7. The van der Waals surface area contributed by atoms with Crippen molar-refractivity contribution in [3.05, 3.63) is 129 Å². The number of rotatable bonds is 5. The number of hydrogen-bond donors (Lipinski definition) is 1. The molecular weight excluding hydrogens is 566 g/mol. The maximum Gasteiger partial charge on any atom is 0.269 e. The van der Waals surface area contributed by atoms with Crippen LogP contribution in [0.5, 0.6) is 5.75 Å². The third-order valence-corrected chi connectivity index (χ3v) is 7.75. The van der Waals surface area contributed by atoms with E-state index in [1.54, 1.807) is 31.4 Å². The molecule has 5 aromatic rings. The number of aryl methyl sites for hydroxylation is 1. The molecule has 2 aliphatic heterocycles. The lowest BCUT2D eigenvalue weighted by atomic mass is 9.93. The van der Waals surface area contributed by atoms with Crippen LogP contribution in [0.25, 0.3) is 5.69 Å². The predicted molar refractivity (Wildman–Crippen MR) is 168 cm³/mol. The van der Waals surface area contributed by atoms with Gasteiger partial charge in [0, 0.05) is 23.4 Å². The summed E-state index contributed by atoms with van der Waals surface area (Å²) in [6, 6.07) is 29.1. The van der Waals surface area contributed by atoms with Crippen LogP contribution in [-0.4, -0.2) is 33.5 Å². The molecule has 1 aromatic heterocycles. The highest BCUT2D eigenvalue weighted by atomic mass is 35.5. The number of aliphatic imine (C=N–C) groups is 2. The van der Waals surface area contributed by atoms with Gasteiger partial charge in [-0.3, -0.25) is 10.1 Å². The molecule has 4 aromatic carbocycles. The van der Waals surface area contributed by atoms with Gasteiger partial charge >= 0.3 is 0 Å². The number of benzene rings is 4. The van der Waals surface area contributed by atoms with Crippen LogP contribution in [0.3, 0.4) is 0 Å². The van der Waals surface area contributed by atoms with E-state index in [0.29, 0.717) is 33.9 Å². The minimum atomic E-state index is -0.493. The first-order valence-corrected chi connectivity index (χ1v) is 13.9. The molecule has 1 N–H and O–H groups in total. The molecule has 212 valence electrons. The molecule has 0 unspecified atom stereocenters. The highest BCUT2D eigenvalue weighted by molar-refractivity contribution is 6.51. The lowest BCUT2D eigenvalue weighted by Gasteiger charge is -2.40. The molecule has 0 aliphatic carbocycles. The van der Waals surface area contributed by atoms with Gasteiger partial charge in [-0.15, -0.1) is 0 Å². The Bertz CT molecular complexity index is 1970. The third-order valence-electron chi connectivity index (χ3n) is 7.45. The van der Waals surface area contributed by atoms with Gasteiger partial charge in [-0.25, -0.2) is 14.7 Å². The molecule has 10 nitrogen and oxygen atoms in total. The second kappa shape index (κ2) is 10.4. The second-order valence-electron chi connectivity index (χ2n) is 10.1. The Morgan fingerprint density at radius 2 is 1.74 bits per heavy atom. The van der Waals surface area contributed by atoms with E-state index in [9.17, 15) is 10.1 Å². The van der Waals surface area contributed by atoms with Gasteiger partial charge in [-0.2, -0.15) is 5.10 Å². The van der Waals surface area contributed by atoms with E-state index in [4.69, 9.17) is 31.4 Å². The smallest absolute Gasteiger partial charge is 0.269 e. The average Bonchev–Trinajstić information content (AvgIpc) is 3.36. The van der Waals surface area contributed by atoms with Crippen LogP contribution in [0.1, 0.15) is 22.9 Å². The number of fused-ring (bicyclic) bond motifs is 4. The summed E-state index contributed by atoms with van der Waals surface area (Å²) in [5.41, 5.74) is 5.39. The Morgan fingerprint density at radius 3 is 2.51 bits per heavy atom. The summed E-state index contributed by atoms with van der Waals surface area (Å²) in [6.45, 7) is 1.94. The monoisotopic (exact) mass is 589 g/mol. The fraction of sp³-hybridized carbons (Fsp3) is 0.0938. The first-order chi connectivity index (χ1) is 20.9. The highest BCUT2D eigenvalue weighted by Gasteiger charge is 2.41. The molecule has 0 bridgehead atoms. The number of anilines is 2. The maximum atomic E-state index is 11.9. The van der Waals surface area contributed by atoms with Crippen LogP contribution >= 0.6 is 11.6 Å². The zero-order valence-corrected chi connectivity index (χ0v) is 23.9. The standard InChI is InChI=1S/C32H24ClN7O3/c1-19-28-29(20-9-8-12-23(17-20)40(41)42)38-26-14-7-6-13-25(26)35-30(34-21-15-16-27(43-2)24(33)18-21)32(38)36-31(28)39(37-19)22-10-4-3-5-11-22/h3-18,29H,1-2H3,(H,34,35)/t29-/m1/s1. The average molecular weight is 590 g/mol. The number of nitrogens with zero attached hydrogens (tertiary/aromatic N) is 6. The number of nitro benzene ring substituents is 1. The molecule has 11 heteroatoms. The fourth-order valence-corrected chi connectivity index (χ4v) is 5.81. The molecule has 2 aliphatic rings. The zero-order valence-electron chi connectivity index (χ0n) is 23.1. The Balaban J connectivity index is 1.48. The van der Waals surface area contributed by atoms with Crippen molar-refractivity contribution >= 4 is 51.8 Å². The minimum Gasteiger partial charge on any atom is -0.495 e. The number of non-ortho nitro benzene ring substituents is 1. The van der Waals surface area contributed by atoms with Crippen LogP contribution in [0.2, 0.25) is 5.02 Å². The number of hydrogen-bond acceptors (Lipinski definition) is 8. The Labute approximate surface area is 251 Å². The number of amidine groups is 2. The van der Waals surface area contributed by atoms with Crippen LogP contribution in [0.15, 0.2) is 107 Å². The summed E-state index contributed by atoms with van der Waals surface area (Å²) in [7, 11) is 1.56. The van der Waals surface area contributed by atoms with Gasteiger partial charge in [-0.05, 0) is 55.0 Å². The predicted octanol–water partition coefficient (Wildman–Crippen LogP) is 7.55. The molecule has 0 saturated carbocycles. The maximum absolute atomic E-state index is 11.9. The number of para-hydroxylation sites is 3. The van der Waals surface area contributed by atoms with Crippen molar-refractivity contribution in [3.63, 3.8) is 0 Å². The van der Waals surface area contributed by atoms with Crippen molar-refractivity contribution < 1.29 is 9.66 Å². The number of nitro groups is 1. The Morgan fingerprint density at radius 1 is 0.953 bits per heavy atom. The number of ether oxygens (including phenoxy) is 1. The van der Waals surface area contributed by atoms with Crippen molar-refractivity contribution in [2.24, 2.45) is 9.98 Å². The van der Waals surface area contributed by atoms with Crippen LogP contribution in [0.4, 0.5) is 28.6 Å². The number of aromatic nitrogens is 2. The van der Waals surface area contributed by atoms with Gasteiger partial charge in [0.15, 0.2) is 17.5 Å². The highest BCUT2D eigenvalue weighted by Crippen LogP contribution is 2.48. The first-order valence-electron chi connectivity index (χ1n) is 13.5. The van der Waals surface area contributed by atoms with E-state index >= 15 is 0 Å². The van der Waals surface area contributed by atoms with Crippen molar-refractivity contribution in [2.75, 3.05) is 17.3 Å². The van der Waals surface area contributed by atoms with E-state index in [1.165, 1.54) is 6.07 Å². The molecule has 0 fully saturated rings. The van der Waals surface area contributed by atoms with Crippen molar-refractivity contribution in [1.29, 1.82) is 0 Å². The lowest BCUT2D eigenvalue weighted by molar-refractivity contribution is -0.384. The van der Waals surface area contributed by atoms with Gasteiger partial charge in [0.2, 0.25) is 0 Å². The summed E-state index contributed by atoms with van der Waals surface area (Å²) >= 11 is 6.46. The van der Waals surface area contributed by atoms with Crippen LogP contribution < -0.4 is 15.0 Å². The van der Waals surface area contributed by atoms with Gasteiger partial charge in [-0.1, -0.05) is 54.1 Å². The van der Waals surface area contributed by atoms with Gasteiger partial charge < -0.3 is 15.0 Å². The Kier molecular flexibility index (Phi) is 6.40. The molecule has 0 amide bonds. The molecule has 3 heterocycles. The van der Waals surface area contributed by atoms with Crippen molar-refractivity contribution in [1.82, 2.24) is 9.78 Å². The van der Waals surface area contributed by atoms with Crippen molar-refractivity contribution in [3.8, 4) is 11.4 Å². The lowest BCUT2D eigenvalue weighted by Crippen LogP contribution is -2.46. The van der Waals surface area contributed by atoms with E-state index in [2.05, 4.69) is 10.2 Å².